The predicted molar refractivity (Wildman–Crippen MR) is 57.4 cm³/mol. The highest BCUT2D eigenvalue weighted by Gasteiger charge is 2.03. The molecular formula is C9H12N6O. The topological polar surface area (TPSA) is 105 Å². The molecule has 7 nitrogen and oxygen atoms in total. The van der Waals surface area contributed by atoms with Crippen molar-refractivity contribution in [1.29, 1.82) is 0 Å². The Kier molecular flexibility index (Phi) is 2.59. The fourth-order valence-corrected chi connectivity index (χ4v) is 1.32. The number of aryl methyl sites for hydroxylation is 2. The van der Waals surface area contributed by atoms with Crippen LogP contribution < -0.4 is 11.5 Å². The molecule has 0 bridgehead atoms. The summed E-state index contributed by atoms with van der Waals surface area (Å²) in [5, 5.41) is 8.03. The first-order chi connectivity index (χ1) is 7.65. The number of nitrogens with zero attached hydrogens (tertiary/aromatic N) is 4. The van der Waals surface area contributed by atoms with Gasteiger partial charge in [0.05, 0.1) is 36.7 Å². The summed E-state index contributed by atoms with van der Waals surface area (Å²) >= 11 is 0. The number of anilines is 1. The lowest BCUT2D eigenvalue weighted by Crippen LogP contribution is -2.10. The lowest BCUT2D eigenvalue weighted by molar-refractivity contribution is 0.1000. The molecule has 2 rings (SSSR count). The van der Waals surface area contributed by atoms with E-state index in [1.807, 2.05) is 0 Å². The largest absolute Gasteiger partial charge is 0.396 e. The van der Waals surface area contributed by atoms with Gasteiger partial charge in [-0.2, -0.15) is 10.2 Å². The average molecular weight is 220 g/mol. The molecule has 1 amide bonds. The van der Waals surface area contributed by atoms with E-state index < -0.39 is 5.91 Å². The van der Waals surface area contributed by atoms with Gasteiger partial charge >= 0.3 is 0 Å². The molecule has 2 aromatic rings. The first kappa shape index (κ1) is 10.2. The van der Waals surface area contributed by atoms with Crippen molar-refractivity contribution in [3.8, 4) is 0 Å². The minimum absolute atomic E-state index is 0.403. The quantitative estimate of drug-likeness (QED) is 0.721. The lowest BCUT2D eigenvalue weighted by Gasteiger charge is -2.01. The van der Waals surface area contributed by atoms with Gasteiger partial charge in [0.25, 0.3) is 5.91 Å². The zero-order valence-electron chi connectivity index (χ0n) is 8.58. The van der Waals surface area contributed by atoms with Crippen molar-refractivity contribution in [3.63, 3.8) is 0 Å². The summed E-state index contributed by atoms with van der Waals surface area (Å²) < 4.78 is 3.35. The van der Waals surface area contributed by atoms with Crippen LogP contribution in [0.4, 0.5) is 5.69 Å². The highest BCUT2D eigenvalue weighted by Crippen LogP contribution is 2.00. The van der Waals surface area contributed by atoms with Gasteiger partial charge in [0.15, 0.2) is 0 Å². The number of hydrogen-bond donors (Lipinski definition) is 2. The summed E-state index contributed by atoms with van der Waals surface area (Å²) in [6.07, 6.45) is 6.37. The predicted octanol–water partition coefficient (Wildman–Crippen LogP) is -0.539. The van der Waals surface area contributed by atoms with Gasteiger partial charge in [0.2, 0.25) is 0 Å². The van der Waals surface area contributed by atoms with E-state index in [1.165, 1.54) is 6.20 Å². The van der Waals surface area contributed by atoms with Crippen LogP contribution in [0.25, 0.3) is 0 Å². The van der Waals surface area contributed by atoms with E-state index in [2.05, 4.69) is 10.2 Å². The van der Waals surface area contributed by atoms with Gasteiger partial charge in [0.1, 0.15) is 0 Å². The molecule has 0 unspecified atom stereocenters. The molecule has 0 spiro atoms. The van der Waals surface area contributed by atoms with Crippen molar-refractivity contribution in [3.05, 3.63) is 30.4 Å². The Labute approximate surface area is 91.6 Å². The number of aromatic nitrogens is 4. The van der Waals surface area contributed by atoms with E-state index in [1.54, 1.807) is 28.0 Å². The summed E-state index contributed by atoms with van der Waals surface area (Å²) in [6.45, 7) is 1.24. The third kappa shape index (κ3) is 2.19. The Bertz CT molecular complexity index is 500. The van der Waals surface area contributed by atoms with Gasteiger partial charge in [-0.1, -0.05) is 0 Å². The third-order valence-electron chi connectivity index (χ3n) is 2.13. The Morgan fingerprint density at radius 1 is 1.19 bits per heavy atom. The first-order valence-electron chi connectivity index (χ1n) is 4.75. The summed E-state index contributed by atoms with van der Waals surface area (Å²) in [4.78, 5) is 10.8. The van der Waals surface area contributed by atoms with Crippen molar-refractivity contribution in [2.75, 3.05) is 5.73 Å². The maximum absolute atomic E-state index is 10.8. The third-order valence-corrected chi connectivity index (χ3v) is 2.13. The molecule has 7 heteroatoms. The van der Waals surface area contributed by atoms with Crippen LogP contribution in [-0.4, -0.2) is 25.5 Å². The monoisotopic (exact) mass is 220 g/mol. The maximum atomic E-state index is 10.8. The van der Waals surface area contributed by atoms with Gasteiger partial charge in [-0.3, -0.25) is 14.2 Å². The number of amides is 1. The highest BCUT2D eigenvalue weighted by molar-refractivity contribution is 5.92. The van der Waals surface area contributed by atoms with Crippen LogP contribution >= 0.6 is 0 Å². The number of rotatable bonds is 4. The van der Waals surface area contributed by atoms with Crippen molar-refractivity contribution < 1.29 is 4.79 Å². The van der Waals surface area contributed by atoms with Crippen molar-refractivity contribution in [2.45, 2.75) is 13.1 Å². The number of carbonyl (C=O) groups is 1. The van der Waals surface area contributed by atoms with Crippen LogP contribution in [0.5, 0.6) is 0 Å². The van der Waals surface area contributed by atoms with Gasteiger partial charge in [-0.05, 0) is 0 Å². The van der Waals surface area contributed by atoms with E-state index in [-0.39, 0.29) is 0 Å². The Hall–Kier alpha value is -2.31. The SMILES string of the molecule is NC(=O)c1cnn(CCn2cc(N)cn2)c1. The van der Waals surface area contributed by atoms with Gasteiger partial charge in [-0.25, -0.2) is 0 Å². The second-order valence-corrected chi connectivity index (χ2v) is 3.39. The molecule has 2 heterocycles. The molecule has 0 radical (unpaired) electrons. The van der Waals surface area contributed by atoms with E-state index in [4.69, 9.17) is 11.5 Å². The van der Waals surface area contributed by atoms with Gasteiger partial charge < -0.3 is 11.5 Å². The van der Waals surface area contributed by atoms with Crippen molar-refractivity contribution in [2.24, 2.45) is 5.73 Å². The summed E-state index contributed by atoms with van der Waals surface area (Å²) in [6, 6.07) is 0. The molecule has 4 N–H and O–H groups in total. The molecule has 2 aromatic heterocycles. The van der Waals surface area contributed by atoms with Crippen LogP contribution in [0.3, 0.4) is 0 Å². The first-order valence-corrected chi connectivity index (χ1v) is 4.75. The highest BCUT2D eigenvalue weighted by atomic mass is 16.1. The number of nitrogen functional groups attached to an aromatic ring is 1. The molecule has 0 saturated carbocycles. The molecule has 0 aliphatic rings. The fraction of sp³-hybridized carbons (Fsp3) is 0.222. The average Bonchev–Trinajstić information content (AvgIpc) is 2.83. The van der Waals surface area contributed by atoms with Crippen LogP contribution in [0.1, 0.15) is 10.4 Å². The smallest absolute Gasteiger partial charge is 0.251 e. The van der Waals surface area contributed by atoms with E-state index in [0.29, 0.717) is 24.3 Å². The molecule has 0 aliphatic heterocycles. The number of nitrogens with two attached hydrogens (primary N) is 2. The minimum atomic E-state index is -0.477. The molecule has 84 valence electrons. The summed E-state index contributed by atoms with van der Waals surface area (Å²) in [5.74, 6) is -0.477. The number of carbonyl (C=O) groups excluding carboxylic acids is 1. The molecule has 0 aromatic carbocycles. The normalized spacial score (nSPS) is 10.5. The molecule has 0 saturated heterocycles. The zero-order chi connectivity index (χ0) is 11.5. The summed E-state index contributed by atoms with van der Waals surface area (Å²) in [7, 11) is 0. The number of hydrogen-bond acceptors (Lipinski definition) is 4. The Balaban J connectivity index is 1.97. The fourth-order valence-electron chi connectivity index (χ4n) is 1.32. The van der Waals surface area contributed by atoms with Crippen LogP contribution in [0.2, 0.25) is 0 Å². The lowest BCUT2D eigenvalue weighted by atomic mass is 10.3. The van der Waals surface area contributed by atoms with E-state index >= 15 is 0 Å². The van der Waals surface area contributed by atoms with Crippen molar-refractivity contribution in [1.82, 2.24) is 19.6 Å². The van der Waals surface area contributed by atoms with Gasteiger partial charge in [-0.15, -0.1) is 0 Å². The molecule has 0 fully saturated rings. The van der Waals surface area contributed by atoms with Crippen LogP contribution in [0, 0.1) is 0 Å². The second kappa shape index (κ2) is 4.05. The van der Waals surface area contributed by atoms with Crippen molar-refractivity contribution >= 4 is 11.6 Å². The standard InChI is InChI=1S/C9H12N6O/c10-8-4-13-15(6-8)2-1-14-5-7(3-12-14)9(11)16/h3-6H,1-2,10H2,(H2,11,16). The van der Waals surface area contributed by atoms with E-state index in [0.717, 1.165) is 0 Å². The molecular weight excluding hydrogens is 208 g/mol. The van der Waals surface area contributed by atoms with Gasteiger partial charge in [0, 0.05) is 12.4 Å². The molecule has 0 aliphatic carbocycles. The number of primary amides is 1. The minimum Gasteiger partial charge on any atom is -0.396 e. The second-order valence-electron chi connectivity index (χ2n) is 3.39. The summed E-state index contributed by atoms with van der Waals surface area (Å²) in [5.41, 5.74) is 11.7. The zero-order valence-corrected chi connectivity index (χ0v) is 8.58. The Morgan fingerprint density at radius 3 is 2.31 bits per heavy atom. The van der Waals surface area contributed by atoms with Crippen LogP contribution in [0.15, 0.2) is 24.8 Å². The molecule has 16 heavy (non-hydrogen) atoms. The molecule has 0 atom stereocenters. The van der Waals surface area contributed by atoms with E-state index in [9.17, 15) is 4.79 Å². The van der Waals surface area contributed by atoms with Crippen LogP contribution in [-0.2, 0) is 13.1 Å². The maximum Gasteiger partial charge on any atom is 0.251 e. The Morgan fingerprint density at radius 2 is 1.81 bits per heavy atom.